The minimum absolute atomic E-state index is 1.18. The Morgan fingerprint density at radius 3 is 2.75 bits per heavy atom. The molecule has 0 saturated carbocycles. The Morgan fingerprint density at radius 2 is 2.00 bits per heavy atom. The maximum absolute atomic E-state index is 3.61. The van der Waals surface area contributed by atoms with E-state index in [1.807, 2.05) is 0 Å². The third kappa shape index (κ3) is 1.24. The second kappa shape index (κ2) is 3.29. The van der Waals surface area contributed by atoms with Crippen LogP contribution in [-0.4, -0.2) is 14.9 Å². The molecule has 1 aliphatic carbocycles. The van der Waals surface area contributed by atoms with E-state index in [2.05, 4.69) is 35.8 Å². The van der Waals surface area contributed by atoms with Crippen molar-refractivity contribution < 1.29 is 0 Å². The third-order valence-corrected chi connectivity index (χ3v) is 3.45. The van der Waals surface area contributed by atoms with Crippen molar-refractivity contribution in [2.45, 2.75) is 19.3 Å². The fourth-order valence-corrected chi connectivity index (χ4v) is 2.64. The number of benzene rings is 1. The smallest absolute Gasteiger partial charge is 0.0899 e. The fraction of sp³-hybridized carbons (Fsp3) is 0.333. The van der Waals surface area contributed by atoms with E-state index in [9.17, 15) is 0 Å². The van der Waals surface area contributed by atoms with Gasteiger partial charge in [-0.1, -0.05) is 33.0 Å². The summed E-state index contributed by atoms with van der Waals surface area (Å²) in [5.74, 6) is 0. The van der Waals surface area contributed by atoms with Gasteiger partial charge in [0.15, 0.2) is 0 Å². The average Bonchev–Trinajstić information content (AvgIpc) is 2.54. The summed E-state index contributed by atoms with van der Waals surface area (Å²) in [6.45, 7) is 0. The number of halogens is 1. The van der Waals surface area contributed by atoms with Crippen molar-refractivity contribution in [1.82, 2.24) is 0 Å². The molecule has 0 unspecified atom stereocenters. The van der Waals surface area contributed by atoms with Crippen molar-refractivity contribution in [3.63, 3.8) is 0 Å². The van der Waals surface area contributed by atoms with E-state index in [1.165, 1.54) is 30.9 Å². The highest BCUT2D eigenvalue weighted by atomic mass is 79.9. The van der Waals surface area contributed by atoms with Crippen LogP contribution in [0.5, 0.6) is 0 Å². The summed E-state index contributed by atoms with van der Waals surface area (Å²) in [4.78, 5) is 0. The Labute approximate surface area is 83.5 Å². The van der Waals surface area contributed by atoms with Gasteiger partial charge in [0.25, 0.3) is 0 Å². The molecule has 0 aromatic heterocycles. The van der Waals surface area contributed by atoms with Crippen LogP contribution >= 0.6 is 15.9 Å². The molecule has 0 atom stereocenters. The number of rotatable bonds is 1. The molecule has 60 valence electrons. The van der Waals surface area contributed by atoms with E-state index in [1.54, 1.807) is 16.6 Å². The Hall–Kier alpha value is -0.170. The van der Waals surface area contributed by atoms with Gasteiger partial charge in [0.05, 0.1) is 7.74 Å². The fourth-order valence-electron chi connectivity index (χ4n) is 2.07. The Kier molecular flexibility index (Phi) is 2.31. The van der Waals surface area contributed by atoms with Crippen LogP contribution in [-0.2, 0) is 12.8 Å². The summed E-state index contributed by atoms with van der Waals surface area (Å²) >= 11 is 3.61. The number of hydrogen-bond donors (Lipinski definition) is 0. The van der Waals surface area contributed by atoms with Crippen LogP contribution in [0.2, 0.25) is 0 Å². The lowest BCUT2D eigenvalue weighted by atomic mass is 9.50. The normalized spacial score (nSPS) is 14.4. The second-order valence-corrected chi connectivity index (χ2v) is 4.23. The minimum Gasteiger partial charge on any atom is -0.0899 e. The first kappa shape index (κ1) is 8.43. The van der Waals surface area contributed by atoms with Crippen LogP contribution < -0.4 is 5.46 Å². The van der Waals surface area contributed by atoms with E-state index in [-0.39, 0.29) is 0 Å². The molecule has 3 heteroatoms. The molecular weight excluding hydrogens is 210 g/mol. The summed E-state index contributed by atoms with van der Waals surface area (Å²) in [7, 11) is 3.41. The van der Waals surface area contributed by atoms with Crippen LogP contribution in [0.3, 0.4) is 0 Å². The van der Waals surface area contributed by atoms with Crippen molar-refractivity contribution in [3.05, 3.63) is 27.7 Å². The molecule has 0 radical (unpaired) electrons. The van der Waals surface area contributed by atoms with Gasteiger partial charge >= 0.3 is 0 Å². The van der Waals surface area contributed by atoms with Crippen LogP contribution in [0.15, 0.2) is 16.6 Å². The molecular formula is C9H11B2Br. The van der Waals surface area contributed by atoms with Gasteiger partial charge in [-0.25, -0.2) is 0 Å². The lowest BCUT2D eigenvalue weighted by molar-refractivity contribution is 0.912. The highest BCUT2D eigenvalue weighted by molar-refractivity contribution is 9.10. The lowest BCUT2D eigenvalue weighted by Crippen LogP contribution is -2.19. The third-order valence-electron chi connectivity index (χ3n) is 2.71. The molecule has 0 aliphatic heterocycles. The largest absolute Gasteiger partial charge is 0.119 e. The van der Waals surface area contributed by atoms with Crippen LogP contribution in [0.4, 0.5) is 0 Å². The molecule has 0 nitrogen and oxygen atoms in total. The van der Waals surface area contributed by atoms with Crippen LogP contribution in [0.25, 0.3) is 0 Å². The standard InChI is InChI=1S/C9H11B2Br/c10-11-8-4-5-9(12)7-3-1-2-6(7)8/h4-5,11H,1-3,10H2. The molecule has 0 fully saturated rings. The second-order valence-electron chi connectivity index (χ2n) is 3.37. The highest BCUT2D eigenvalue weighted by Crippen LogP contribution is 2.27. The van der Waals surface area contributed by atoms with Gasteiger partial charge in [0.1, 0.15) is 7.17 Å². The Bertz CT molecular complexity index is 310. The summed E-state index contributed by atoms with van der Waals surface area (Å²) in [5, 5.41) is 0. The average molecular weight is 221 g/mol. The monoisotopic (exact) mass is 220 g/mol. The Balaban J connectivity index is 2.57. The van der Waals surface area contributed by atoms with Crippen molar-refractivity contribution in [3.8, 4) is 0 Å². The summed E-state index contributed by atoms with van der Waals surface area (Å²) in [5.41, 5.74) is 4.73. The van der Waals surface area contributed by atoms with Crippen molar-refractivity contribution >= 4 is 36.3 Å². The van der Waals surface area contributed by atoms with Crippen molar-refractivity contribution in [2.24, 2.45) is 0 Å². The van der Waals surface area contributed by atoms with E-state index >= 15 is 0 Å². The molecule has 0 heterocycles. The van der Waals surface area contributed by atoms with Gasteiger partial charge in [-0.05, 0) is 30.9 Å². The molecule has 0 saturated heterocycles. The van der Waals surface area contributed by atoms with Gasteiger partial charge in [0.2, 0.25) is 0 Å². The molecule has 0 spiro atoms. The highest BCUT2D eigenvalue weighted by Gasteiger charge is 2.15. The lowest BCUT2D eigenvalue weighted by Gasteiger charge is -2.07. The molecule has 1 aliphatic rings. The summed E-state index contributed by atoms with van der Waals surface area (Å²) in [6.07, 6.45) is 3.90. The zero-order chi connectivity index (χ0) is 8.55. The zero-order valence-electron chi connectivity index (χ0n) is 7.36. The SMILES string of the molecule is BBc1ccc(Br)c2c1CCC2. The molecule has 1 aromatic rings. The topological polar surface area (TPSA) is 0 Å². The van der Waals surface area contributed by atoms with E-state index < -0.39 is 0 Å². The summed E-state index contributed by atoms with van der Waals surface area (Å²) < 4.78 is 1.31. The van der Waals surface area contributed by atoms with E-state index in [0.717, 1.165) is 0 Å². The van der Waals surface area contributed by atoms with E-state index in [4.69, 9.17) is 0 Å². The van der Waals surface area contributed by atoms with Gasteiger partial charge in [-0.15, -0.1) is 0 Å². The quantitative estimate of drug-likeness (QED) is 0.607. The zero-order valence-corrected chi connectivity index (χ0v) is 8.95. The molecule has 0 amide bonds. The molecule has 2 rings (SSSR count). The number of fused-ring (bicyclic) bond motifs is 1. The van der Waals surface area contributed by atoms with Gasteiger partial charge in [0, 0.05) is 4.47 Å². The predicted molar refractivity (Wildman–Crippen MR) is 61.5 cm³/mol. The first-order chi connectivity index (χ1) is 5.83. The van der Waals surface area contributed by atoms with Crippen LogP contribution in [0, 0.1) is 0 Å². The summed E-state index contributed by atoms with van der Waals surface area (Å²) in [6, 6.07) is 4.46. The first-order valence-electron chi connectivity index (χ1n) is 4.62. The van der Waals surface area contributed by atoms with Gasteiger partial charge < -0.3 is 0 Å². The molecule has 1 aromatic carbocycles. The number of hydrogen-bond acceptors (Lipinski definition) is 0. The molecule has 0 bridgehead atoms. The van der Waals surface area contributed by atoms with E-state index in [0.29, 0.717) is 0 Å². The Morgan fingerprint density at radius 1 is 1.25 bits per heavy atom. The van der Waals surface area contributed by atoms with Crippen molar-refractivity contribution in [1.29, 1.82) is 0 Å². The van der Waals surface area contributed by atoms with Gasteiger partial charge in [-0.2, -0.15) is 0 Å². The first-order valence-corrected chi connectivity index (χ1v) is 5.41. The maximum atomic E-state index is 3.61. The predicted octanol–water partition coefficient (Wildman–Crippen LogP) is 0.548. The van der Waals surface area contributed by atoms with Crippen LogP contribution in [0.1, 0.15) is 17.5 Å². The van der Waals surface area contributed by atoms with Crippen molar-refractivity contribution in [2.75, 3.05) is 0 Å². The maximum Gasteiger partial charge on any atom is 0.119 e. The van der Waals surface area contributed by atoms with Gasteiger partial charge in [-0.3, -0.25) is 0 Å². The molecule has 0 N–H and O–H groups in total. The minimum atomic E-state index is 1.18. The molecule has 12 heavy (non-hydrogen) atoms.